The number of ether oxygens (including phenoxy) is 1. The Bertz CT molecular complexity index is 966. The van der Waals surface area contributed by atoms with E-state index in [2.05, 4.69) is 4.98 Å². The van der Waals surface area contributed by atoms with Gasteiger partial charge in [0.05, 0.1) is 12.9 Å². The SMILES string of the molecule is Cn1c(=O)c2c(ncn2CCOc2ccc(O)cc2)n(C)c1=O. The van der Waals surface area contributed by atoms with Gasteiger partial charge in [0.25, 0.3) is 5.56 Å². The lowest BCUT2D eigenvalue weighted by Crippen LogP contribution is -2.37. The third-order valence-corrected chi connectivity index (χ3v) is 3.65. The second kappa shape index (κ2) is 5.64. The van der Waals surface area contributed by atoms with Gasteiger partial charge in [0, 0.05) is 14.1 Å². The van der Waals surface area contributed by atoms with Gasteiger partial charge in [0.1, 0.15) is 18.1 Å². The van der Waals surface area contributed by atoms with E-state index in [1.165, 1.54) is 30.1 Å². The van der Waals surface area contributed by atoms with E-state index in [0.29, 0.717) is 30.1 Å². The fourth-order valence-electron chi connectivity index (χ4n) is 2.37. The van der Waals surface area contributed by atoms with Crippen LogP contribution in [-0.4, -0.2) is 30.4 Å². The number of fused-ring (bicyclic) bond motifs is 1. The minimum absolute atomic E-state index is 0.169. The Morgan fingerprint density at radius 3 is 2.52 bits per heavy atom. The molecule has 0 amide bonds. The number of nitrogens with zero attached hydrogens (tertiary/aromatic N) is 4. The summed E-state index contributed by atoms with van der Waals surface area (Å²) in [6.07, 6.45) is 1.52. The molecular weight excluding hydrogens is 300 g/mol. The van der Waals surface area contributed by atoms with Crippen molar-refractivity contribution in [3.05, 3.63) is 51.4 Å². The number of hydrogen-bond acceptors (Lipinski definition) is 5. The molecule has 8 heteroatoms. The first kappa shape index (κ1) is 14.9. The maximum Gasteiger partial charge on any atom is 0.332 e. The second-order valence-corrected chi connectivity index (χ2v) is 5.16. The third kappa shape index (κ3) is 2.59. The summed E-state index contributed by atoms with van der Waals surface area (Å²) < 4.78 is 9.63. The lowest BCUT2D eigenvalue weighted by atomic mass is 10.3. The number of imidazole rings is 1. The van der Waals surface area contributed by atoms with Gasteiger partial charge in [-0.1, -0.05) is 0 Å². The molecule has 0 aliphatic rings. The Morgan fingerprint density at radius 2 is 1.83 bits per heavy atom. The summed E-state index contributed by atoms with van der Waals surface area (Å²) in [4.78, 5) is 28.3. The summed E-state index contributed by atoms with van der Waals surface area (Å²) in [6.45, 7) is 0.729. The van der Waals surface area contributed by atoms with Crippen molar-refractivity contribution in [3.8, 4) is 11.5 Å². The van der Waals surface area contributed by atoms with Crippen LogP contribution in [0.2, 0.25) is 0 Å². The molecule has 23 heavy (non-hydrogen) atoms. The fraction of sp³-hybridized carbons (Fsp3) is 0.267. The Kier molecular flexibility index (Phi) is 3.65. The molecule has 0 saturated heterocycles. The molecule has 0 unspecified atom stereocenters. The van der Waals surface area contributed by atoms with Crippen LogP contribution in [0.25, 0.3) is 11.2 Å². The molecule has 3 aromatic rings. The first-order valence-corrected chi connectivity index (χ1v) is 7.01. The number of hydrogen-bond donors (Lipinski definition) is 1. The molecule has 0 aliphatic carbocycles. The van der Waals surface area contributed by atoms with E-state index < -0.39 is 5.69 Å². The number of phenols is 1. The number of rotatable bonds is 4. The molecule has 8 nitrogen and oxygen atoms in total. The number of aromatic hydroxyl groups is 1. The molecule has 1 N–H and O–H groups in total. The lowest BCUT2D eigenvalue weighted by molar-refractivity contribution is 0.299. The predicted molar refractivity (Wildman–Crippen MR) is 83.8 cm³/mol. The largest absolute Gasteiger partial charge is 0.508 e. The summed E-state index contributed by atoms with van der Waals surface area (Å²) in [6, 6.07) is 6.38. The molecular formula is C15H16N4O4. The molecule has 2 heterocycles. The van der Waals surface area contributed by atoms with Crippen molar-refractivity contribution in [2.45, 2.75) is 6.54 Å². The van der Waals surface area contributed by atoms with Crippen LogP contribution < -0.4 is 16.0 Å². The molecule has 0 fully saturated rings. The van der Waals surface area contributed by atoms with Crippen LogP contribution in [0.5, 0.6) is 11.5 Å². The van der Waals surface area contributed by atoms with Crippen molar-refractivity contribution >= 4 is 11.2 Å². The summed E-state index contributed by atoms with van der Waals surface area (Å²) >= 11 is 0. The number of phenolic OH excluding ortho intramolecular Hbond substituents is 1. The first-order chi connectivity index (χ1) is 11.0. The number of benzene rings is 1. The van der Waals surface area contributed by atoms with Crippen LogP contribution in [0, 0.1) is 0 Å². The monoisotopic (exact) mass is 316 g/mol. The van der Waals surface area contributed by atoms with E-state index in [1.54, 1.807) is 23.7 Å². The minimum atomic E-state index is -0.409. The third-order valence-electron chi connectivity index (χ3n) is 3.65. The normalized spacial score (nSPS) is 11.0. The Morgan fingerprint density at radius 1 is 1.13 bits per heavy atom. The molecule has 0 atom stereocenters. The zero-order valence-corrected chi connectivity index (χ0v) is 12.8. The van der Waals surface area contributed by atoms with Gasteiger partial charge in [-0.2, -0.15) is 0 Å². The highest BCUT2D eigenvalue weighted by Gasteiger charge is 2.13. The highest BCUT2D eigenvalue weighted by Crippen LogP contribution is 2.16. The van der Waals surface area contributed by atoms with E-state index in [0.717, 1.165) is 4.57 Å². The van der Waals surface area contributed by atoms with Crippen molar-refractivity contribution in [2.24, 2.45) is 14.1 Å². The van der Waals surface area contributed by atoms with Gasteiger partial charge in [-0.25, -0.2) is 9.78 Å². The molecule has 0 saturated carbocycles. The van der Waals surface area contributed by atoms with Gasteiger partial charge in [0.15, 0.2) is 11.2 Å². The lowest BCUT2D eigenvalue weighted by Gasteiger charge is -2.08. The van der Waals surface area contributed by atoms with Crippen LogP contribution in [0.1, 0.15) is 0 Å². The highest BCUT2D eigenvalue weighted by molar-refractivity contribution is 5.69. The summed E-state index contributed by atoms with van der Waals surface area (Å²) in [7, 11) is 3.02. The summed E-state index contributed by atoms with van der Waals surface area (Å²) in [5.41, 5.74) is -0.0787. The smallest absolute Gasteiger partial charge is 0.332 e. The second-order valence-electron chi connectivity index (χ2n) is 5.16. The van der Waals surface area contributed by atoms with Crippen LogP contribution in [0.4, 0.5) is 0 Å². The molecule has 0 radical (unpaired) electrons. The van der Waals surface area contributed by atoms with E-state index in [4.69, 9.17) is 4.74 Å². The van der Waals surface area contributed by atoms with Crippen molar-refractivity contribution < 1.29 is 9.84 Å². The molecule has 0 aliphatic heterocycles. The van der Waals surface area contributed by atoms with Gasteiger partial charge in [0.2, 0.25) is 0 Å². The molecule has 0 spiro atoms. The molecule has 3 rings (SSSR count). The summed E-state index contributed by atoms with van der Waals surface area (Å²) in [5, 5.41) is 9.22. The maximum atomic E-state index is 12.3. The van der Waals surface area contributed by atoms with Crippen molar-refractivity contribution in [2.75, 3.05) is 6.61 Å². The van der Waals surface area contributed by atoms with Gasteiger partial charge in [-0.3, -0.25) is 13.9 Å². The van der Waals surface area contributed by atoms with Gasteiger partial charge in [-0.05, 0) is 24.3 Å². The van der Waals surface area contributed by atoms with E-state index in [-0.39, 0.29) is 11.3 Å². The van der Waals surface area contributed by atoms with E-state index in [9.17, 15) is 14.7 Å². The van der Waals surface area contributed by atoms with Crippen LogP contribution in [0.3, 0.4) is 0 Å². The molecule has 0 bridgehead atoms. The minimum Gasteiger partial charge on any atom is -0.508 e. The van der Waals surface area contributed by atoms with Gasteiger partial charge >= 0.3 is 5.69 Å². The maximum absolute atomic E-state index is 12.3. The number of aromatic nitrogens is 4. The van der Waals surface area contributed by atoms with Crippen LogP contribution >= 0.6 is 0 Å². The van der Waals surface area contributed by atoms with E-state index in [1.807, 2.05) is 0 Å². The van der Waals surface area contributed by atoms with Crippen LogP contribution in [0.15, 0.2) is 40.2 Å². The Balaban J connectivity index is 1.85. The Labute approximate surface area is 130 Å². The standard InChI is InChI=1S/C15H16N4O4/c1-17-13-12(14(21)18(2)15(17)22)19(9-16-13)7-8-23-11-5-3-10(20)4-6-11/h3-6,9,20H,7-8H2,1-2H3. The first-order valence-electron chi connectivity index (χ1n) is 7.01. The van der Waals surface area contributed by atoms with E-state index >= 15 is 0 Å². The quantitative estimate of drug-likeness (QED) is 0.743. The van der Waals surface area contributed by atoms with Crippen molar-refractivity contribution in [3.63, 3.8) is 0 Å². The zero-order chi connectivity index (χ0) is 16.6. The fourth-order valence-corrected chi connectivity index (χ4v) is 2.37. The highest BCUT2D eigenvalue weighted by atomic mass is 16.5. The average Bonchev–Trinajstić information content (AvgIpc) is 2.97. The number of aryl methyl sites for hydroxylation is 1. The van der Waals surface area contributed by atoms with Crippen LogP contribution in [-0.2, 0) is 20.6 Å². The predicted octanol–water partition coefficient (Wildman–Crippen LogP) is 0.218. The van der Waals surface area contributed by atoms with Crippen molar-refractivity contribution in [1.29, 1.82) is 0 Å². The molecule has 1 aromatic carbocycles. The molecule has 2 aromatic heterocycles. The topological polar surface area (TPSA) is 91.3 Å². The average molecular weight is 316 g/mol. The molecule has 120 valence electrons. The zero-order valence-electron chi connectivity index (χ0n) is 12.8. The Hall–Kier alpha value is -3.03. The van der Waals surface area contributed by atoms with Crippen molar-refractivity contribution in [1.82, 2.24) is 18.7 Å². The summed E-state index contributed by atoms with van der Waals surface area (Å²) in [5.74, 6) is 0.787. The van der Waals surface area contributed by atoms with Gasteiger partial charge < -0.3 is 14.4 Å². The van der Waals surface area contributed by atoms with Gasteiger partial charge in [-0.15, -0.1) is 0 Å².